The van der Waals surface area contributed by atoms with Crippen LogP contribution in [0.15, 0.2) is 36.8 Å². The summed E-state index contributed by atoms with van der Waals surface area (Å²) in [4.78, 5) is 24.9. The molecule has 1 saturated heterocycles. The highest BCUT2D eigenvalue weighted by Crippen LogP contribution is 2.30. The van der Waals surface area contributed by atoms with Gasteiger partial charge < -0.3 is 26.8 Å². The Bertz CT molecular complexity index is 1400. The van der Waals surface area contributed by atoms with Crippen LogP contribution in [0.4, 0.5) is 23.1 Å². The van der Waals surface area contributed by atoms with Gasteiger partial charge in [-0.2, -0.15) is 5.10 Å². The van der Waals surface area contributed by atoms with E-state index in [1.165, 1.54) is 12.8 Å². The van der Waals surface area contributed by atoms with Crippen molar-refractivity contribution in [1.29, 1.82) is 0 Å². The fraction of sp³-hybridized carbons (Fsp3) is 0.320. The van der Waals surface area contributed by atoms with Gasteiger partial charge >= 0.3 is 0 Å². The third-order valence-electron chi connectivity index (χ3n) is 6.22. The molecule has 0 bridgehead atoms. The second kappa shape index (κ2) is 10.2. The molecule has 0 radical (unpaired) electrons. The largest absolute Gasteiger partial charge is 0.397 e. The molecule has 0 spiro atoms. The summed E-state index contributed by atoms with van der Waals surface area (Å²) in [6.07, 6.45) is 8.31. The molecule has 0 saturated carbocycles. The topological polar surface area (TPSA) is 159 Å². The first kappa shape index (κ1) is 23.5. The normalized spacial score (nSPS) is 15.0. The van der Waals surface area contributed by atoms with Crippen molar-refractivity contribution in [3.63, 3.8) is 0 Å². The van der Waals surface area contributed by atoms with Crippen LogP contribution in [0.5, 0.6) is 0 Å². The molecular formula is C25H29N9O2. The predicted octanol–water partition coefficient (Wildman–Crippen LogP) is 2.57. The number of nitrogens with zero attached hydrogens (tertiary/aromatic N) is 5. The summed E-state index contributed by atoms with van der Waals surface area (Å²) in [5.41, 5.74) is 16.2. The molecule has 4 aromatic rings. The SMILES string of the molecule is C1CCOC1.Cc1c(N)cncc1-c1cc2cc(Nc3cc4n(n3)CC(=O)NCC4)ncc2c(N)n1. The van der Waals surface area contributed by atoms with Gasteiger partial charge in [-0.3, -0.25) is 14.5 Å². The lowest BCUT2D eigenvalue weighted by Crippen LogP contribution is -2.25. The number of pyridine rings is 3. The minimum atomic E-state index is -0.0425. The third-order valence-corrected chi connectivity index (χ3v) is 6.22. The Labute approximate surface area is 208 Å². The quantitative estimate of drug-likeness (QED) is 0.341. The first-order valence-corrected chi connectivity index (χ1v) is 11.9. The number of carbonyl (C=O) groups excluding carboxylic acids is 1. The number of anilines is 4. The van der Waals surface area contributed by atoms with Crippen LogP contribution >= 0.6 is 0 Å². The van der Waals surface area contributed by atoms with Gasteiger partial charge in [-0.1, -0.05) is 0 Å². The van der Waals surface area contributed by atoms with Crippen LogP contribution in [0.3, 0.4) is 0 Å². The van der Waals surface area contributed by atoms with E-state index in [1.807, 2.05) is 25.1 Å². The standard InChI is InChI=1S/C21H21N9O.C4H8O/c1-11-14(7-24-9-16(11)22)17-4-12-5-18(26-8-15(12)21(23)27-17)28-19-6-13-2-3-25-20(31)10-30(13)29-19;1-2-4-5-3-1/h4-9H,2-3,10,22H2,1H3,(H2,23,27)(H,25,31)(H,26,28,29);1-4H2. The van der Waals surface area contributed by atoms with Crippen LogP contribution in [0.1, 0.15) is 24.1 Å². The Hall–Kier alpha value is -4.25. The molecule has 11 heteroatoms. The van der Waals surface area contributed by atoms with Crippen LogP contribution in [-0.2, 0) is 22.5 Å². The maximum absolute atomic E-state index is 11.8. The molecule has 0 atom stereocenters. The van der Waals surface area contributed by atoms with E-state index in [0.717, 1.165) is 47.2 Å². The Balaban J connectivity index is 0.000000477. The Morgan fingerprint density at radius 2 is 1.92 bits per heavy atom. The lowest BCUT2D eigenvalue weighted by molar-refractivity contribution is -0.121. The third kappa shape index (κ3) is 5.05. The van der Waals surface area contributed by atoms with Crippen LogP contribution in [0.2, 0.25) is 0 Å². The first-order chi connectivity index (χ1) is 17.5. The monoisotopic (exact) mass is 487 g/mol. The maximum atomic E-state index is 11.8. The molecule has 2 aliphatic heterocycles. The molecular weight excluding hydrogens is 458 g/mol. The van der Waals surface area contributed by atoms with Gasteiger partial charge in [-0.25, -0.2) is 9.97 Å². The van der Waals surface area contributed by atoms with Crippen molar-refractivity contribution in [2.24, 2.45) is 0 Å². The van der Waals surface area contributed by atoms with Crippen LogP contribution in [0, 0.1) is 6.92 Å². The highest BCUT2D eigenvalue weighted by Gasteiger charge is 2.16. The molecule has 6 rings (SSSR count). The van der Waals surface area contributed by atoms with Crippen molar-refractivity contribution in [1.82, 2.24) is 30.0 Å². The number of fused-ring (bicyclic) bond motifs is 2. The summed E-state index contributed by atoms with van der Waals surface area (Å²) in [5.74, 6) is 1.59. The highest BCUT2D eigenvalue weighted by molar-refractivity contribution is 5.95. The number of hydrogen-bond acceptors (Lipinski definition) is 9. The van der Waals surface area contributed by atoms with Crippen molar-refractivity contribution in [3.8, 4) is 11.3 Å². The number of nitrogen functional groups attached to an aromatic ring is 2. The second-order valence-electron chi connectivity index (χ2n) is 8.81. The van der Waals surface area contributed by atoms with Crippen LogP contribution in [0.25, 0.3) is 22.0 Å². The summed E-state index contributed by atoms with van der Waals surface area (Å²) >= 11 is 0. The number of amides is 1. The van der Waals surface area contributed by atoms with Gasteiger partial charge in [0.15, 0.2) is 5.82 Å². The fourth-order valence-electron chi connectivity index (χ4n) is 4.20. The van der Waals surface area contributed by atoms with Gasteiger partial charge in [0.2, 0.25) is 5.91 Å². The number of hydrogen-bond donors (Lipinski definition) is 4. The van der Waals surface area contributed by atoms with Gasteiger partial charge in [-0.15, -0.1) is 0 Å². The van der Waals surface area contributed by atoms with Crippen molar-refractivity contribution >= 4 is 39.8 Å². The number of nitrogens with two attached hydrogens (primary N) is 2. The number of ether oxygens (including phenoxy) is 1. The zero-order valence-electron chi connectivity index (χ0n) is 20.1. The molecule has 0 aromatic carbocycles. The van der Waals surface area contributed by atoms with E-state index in [-0.39, 0.29) is 12.5 Å². The number of aromatic nitrogens is 5. The highest BCUT2D eigenvalue weighted by atomic mass is 16.5. The smallest absolute Gasteiger partial charge is 0.241 e. The summed E-state index contributed by atoms with van der Waals surface area (Å²) in [7, 11) is 0. The molecule has 0 aliphatic carbocycles. The van der Waals surface area contributed by atoms with E-state index in [4.69, 9.17) is 16.2 Å². The summed E-state index contributed by atoms with van der Waals surface area (Å²) in [5, 5.41) is 12.2. The van der Waals surface area contributed by atoms with Gasteiger partial charge in [0.05, 0.1) is 17.6 Å². The Morgan fingerprint density at radius 1 is 1.08 bits per heavy atom. The number of carbonyl (C=O) groups is 1. The zero-order chi connectivity index (χ0) is 25.1. The minimum absolute atomic E-state index is 0.0425. The lowest BCUT2D eigenvalue weighted by Gasteiger charge is -2.11. The first-order valence-electron chi connectivity index (χ1n) is 11.9. The summed E-state index contributed by atoms with van der Waals surface area (Å²) in [6.45, 7) is 4.74. The Morgan fingerprint density at radius 3 is 2.69 bits per heavy atom. The minimum Gasteiger partial charge on any atom is -0.397 e. The van der Waals surface area contributed by atoms with Gasteiger partial charge in [0.1, 0.15) is 18.2 Å². The van der Waals surface area contributed by atoms with Crippen molar-refractivity contribution < 1.29 is 9.53 Å². The van der Waals surface area contributed by atoms with Gasteiger partial charge in [0, 0.05) is 61.3 Å². The van der Waals surface area contributed by atoms with Gasteiger partial charge in [-0.05, 0) is 42.8 Å². The molecule has 2 aliphatic rings. The number of rotatable bonds is 3. The predicted molar refractivity (Wildman–Crippen MR) is 139 cm³/mol. The molecule has 0 unspecified atom stereocenters. The van der Waals surface area contributed by atoms with Crippen LogP contribution in [-0.4, -0.2) is 50.4 Å². The van der Waals surface area contributed by atoms with Crippen molar-refractivity contribution in [2.45, 2.75) is 32.7 Å². The molecule has 4 aromatic heterocycles. The van der Waals surface area contributed by atoms with Crippen molar-refractivity contribution in [2.75, 3.05) is 36.5 Å². The Kier molecular flexibility index (Phi) is 6.63. The van der Waals surface area contributed by atoms with Crippen molar-refractivity contribution in [3.05, 3.63) is 48.0 Å². The van der Waals surface area contributed by atoms with Crippen LogP contribution < -0.4 is 22.1 Å². The fourth-order valence-corrected chi connectivity index (χ4v) is 4.20. The molecule has 1 amide bonds. The van der Waals surface area contributed by atoms with E-state index in [2.05, 4.69) is 30.7 Å². The average Bonchev–Trinajstić information content (AvgIpc) is 3.52. The van der Waals surface area contributed by atoms with E-state index < -0.39 is 0 Å². The van der Waals surface area contributed by atoms with Gasteiger partial charge in [0.25, 0.3) is 0 Å². The molecule has 11 nitrogen and oxygen atoms in total. The molecule has 186 valence electrons. The lowest BCUT2D eigenvalue weighted by atomic mass is 10.0. The molecule has 6 heterocycles. The van der Waals surface area contributed by atoms with E-state index in [1.54, 1.807) is 23.3 Å². The van der Waals surface area contributed by atoms with E-state index >= 15 is 0 Å². The second-order valence-corrected chi connectivity index (χ2v) is 8.81. The maximum Gasteiger partial charge on any atom is 0.241 e. The van der Waals surface area contributed by atoms with E-state index in [0.29, 0.717) is 35.4 Å². The summed E-state index contributed by atoms with van der Waals surface area (Å²) in [6, 6.07) is 5.76. The van der Waals surface area contributed by atoms with E-state index in [9.17, 15) is 4.79 Å². The molecule has 6 N–H and O–H groups in total. The number of nitrogens with one attached hydrogen (secondary N) is 2. The molecule has 1 fully saturated rings. The average molecular weight is 488 g/mol. The summed E-state index contributed by atoms with van der Waals surface area (Å²) < 4.78 is 6.65. The molecule has 36 heavy (non-hydrogen) atoms. The zero-order valence-corrected chi connectivity index (χ0v) is 20.1.